The molecule has 0 radical (unpaired) electrons. The average molecular weight is 309 g/mol. The molecule has 1 atom stereocenters. The van der Waals surface area contributed by atoms with Crippen molar-refractivity contribution in [2.45, 2.75) is 13.3 Å². The van der Waals surface area contributed by atoms with Crippen LogP contribution in [0, 0.1) is 5.92 Å². The van der Waals surface area contributed by atoms with E-state index in [1.54, 1.807) is 0 Å². The number of hydrogen-bond acceptors (Lipinski definition) is 0. The van der Waals surface area contributed by atoms with Crippen LogP contribution in [0.5, 0.6) is 0 Å². The lowest BCUT2D eigenvalue weighted by Gasteiger charge is -2.12. The molecule has 0 bridgehead atoms. The summed E-state index contributed by atoms with van der Waals surface area (Å²) in [6, 6.07) is 8.66. The first-order valence-corrected chi connectivity index (χ1v) is 6.20. The molecule has 76 valence electrons. The Morgan fingerprint density at radius 3 is 3.00 bits per heavy atom. The Hall–Kier alpha value is -0.770. The first-order chi connectivity index (χ1) is 7.27. The van der Waals surface area contributed by atoms with E-state index in [2.05, 4.69) is 69.0 Å². The van der Waals surface area contributed by atoms with Crippen molar-refractivity contribution in [1.82, 2.24) is 2.78 Å². The van der Waals surface area contributed by atoms with Crippen LogP contribution >= 0.6 is 22.9 Å². The zero-order valence-corrected chi connectivity index (χ0v) is 10.7. The van der Waals surface area contributed by atoms with Crippen molar-refractivity contribution < 1.29 is 0 Å². The number of allylic oxidation sites excluding steroid dienone is 1. The van der Waals surface area contributed by atoms with E-state index in [0.29, 0.717) is 5.92 Å². The molecule has 0 N–H and O–H groups in total. The molecule has 0 fully saturated rings. The summed E-state index contributed by atoms with van der Waals surface area (Å²) in [4.78, 5) is 0. The van der Waals surface area contributed by atoms with E-state index in [1.807, 2.05) is 0 Å². The highest BCUT2D eigenvalue weighted by molar-refractivity contribution is 14.1. The molecule has 15 heavy (non-hydrogen) atoms. The maximum absolute atomic E-state index is 2.39. The predicted molar refractivity (Wildman–Crippen MR) is 73.3 cm³/mol. The van der Waals surface area contributed by atoms with Gasteiger partial charge >= 0.3 is 0 Å². The molecule has 0 saturated carbocycles. The lowest BCUT2D eigenvalue weighted by molar-refractivity contribution is 0.720. The summed E-state index contributed by atoms with van der Waals surface area (Å²) in [5.41, 5.74) is 4.21. The topological polar surface area (TPSA) is 4.93 Å². The van der Waals surface area contributed by atoms with Gasteiger partial charge in [0.25, 0.3) is 0 Å². The lowest BCUT2D eigenvalue weighted by atomic mass is 9.93. The van der Waals surface area contributed by atoms with Crippen LogP contribution in [0.3, 0.4) is 0 Å². The Kier molecular flexibility index (Phi) is 2.12. The molecule has 0 spiro atoms. The third-order valence-corrected chi connectivity index (χ3v) is 4.11. The molecule has 0 aliphatic heterocycles. The quantitative estimate of drug-likeness (QED) is 0.647. The van der Waals surface area contributed by atoms with Crippen molar-refractivity contribution in [2.75, 3.05) is 0 Å². The Bertz CT molecular complexity index is 551. The molecular weight excluding hydrogens is 297 g/mol. The van der Waals surface area contributed by atoms with Crippen LogP contribution in [0.1, 0.15) is 18.2 Å². The monoisotopic (exact) mass is 309 g/mol. The van der Waals surface area contributed by atoms with E-state index in [1.165, 1.54) is 28.6 Å². The fourth-order valence-electron chi connectivity index (χ4n) is 2.31. The van der Waals surface area contributed by atoms with Gasteiger partial charge in [0.05, 0.1) is 34.1 Å². The van der Waals surface area contributed by atoms with Gasteiger partial charge in [0.15, 0.2) is 0 Å². The SMILES string of the molecule is CC1C=Cc2c(c3ccccc3n2I)C1. The fourth-order valence-corrected chi connectivity index (χ4v) is 3.18. The molecule has 0 amide bonds. The molecule has 1 aliphatic rings. The molecule has 3 rings (SSSR count). The molecule has 2 aromatic rings. The van der Waals surface area contributed by atoms with Crippen LogP contribution in [0.2, 0.25) is 0 Å². The summed E-state index contributed by atoms with van der Waals surface area (Å²) in [5, 5.41) is 1.41. The van der Waals surface area contributed by atoms with Crippen LogP contribution in [0.4, 0.5) is 0 Å². The summed E-state index contributed by atoms with van der Waals surface area (Å²) in [6.45, 7) is 2.28. The summed E-state index contributed by atoms with van der Waals surface area (Å²) >= 11 is 2.39. The van der Waals surface area contributed by atoms with E-state index >= 15 is 0 Å². The number of para-hydroxylation sites is 1. The normalized spacial score (nSPS) is 19.5. The zero-order valence-electron chi connectivity index (χ0n) is 8.57. The molecule has 0 saturated heterocycles. The second kappa shape index (κ2) is 3.37. The Morgan fingerprint density at radius 2 is 2.13 bits per heavy atom. The van der Waals surface area contributed by atoms with E-state index in [9.17, 15) is 0 Å². The number of fused-ring (bicyclic) bond motifs is 3. The van der Waals surface area contributed by atoms with Gasteiger partial charge in [-0.1, -0.05) is 31.2 Å². The standard InChI is InChI=1S/C13H12IN/c1-9-6-7-13-11(8-9)10-4-2-3-5-12(10)15(13)14/h2-7,9H,8H2,1H3. The smallest absolute Gasteiger partial charge is 0.0646 e. The first-order valence-electron chi connectivity index (χ1n) is 5.24. The average Bonchev–Trinajstić information content (AvgIpc) is 2.54. The molecule has 1 aromatic heterocycles. The van der Waals surface area contributed by atoms with Crippen molar-refractivity contribution >= 4 is 39.8 Å². The van der Waals surface area contributed by atoms with Gasteiger partial charge in [-0.2, -0.15) is 0 Å². The van der Waals surface area contributed by atoms with Crippen molar-refractivity contribution in [3.8, 4) is 0 Å². The van der Waals surface area contributed by atoms with Gasteiger partial charge in [0.1, 0.15) is 0 Å². The number of halogens is 1. The lowest BCUT2D eigenvalue weighted by Crippen LogP contribution is -2.02. The van der Waals surface area contributed by atoms with E-state index in [0.717, 1.165) is 0 Å². The van der Waals surface area contributed by atoms with Gasteiger partial charge in [0.2, 0.25) is 0 Å². The number of rotatable bonds is 0. The number of hydrogen-bond donors (Lipinski definition) is 0. The van der Waals surface area contributed by atoms with Gasteiger partial charge in [-0.15, -0.1) is 0 Å². The van der Waals surface area contributed by atoms with E-state index in [-0.39, 0.29) is 0 Å². The molecule has 1 aliphatic carbocycles. The molecule has 1 unspecified atom stereocenters. The van der Waals surface area contributed by atoms with Gasteiger partial charge in [-0.05, 0) is 30.0 Å². The Morgan fingerprint density at radius 1 is 1.33 bits per heavy atom. The van der Waals surface area contributed by atoms with Crippen LogP contribution in [-0.2, 0) is 6.42 Å². The highest BCUT2D eigenvalue weighted by atomic mass is 127. The molecule has 1 heterocycles. The Balaban J connectivity index is 2.39. The summed E-state index contributed by atoms with van der Waals surface area (Å²) in [6.07, 6.45) is 5.73. The molecule has 1 nitrogen and oxygen atoms in total. The number of nitrogens with zero attached hydrogens (tertiary/aromatic N) is 1. The minimum Gasteiger partial charge on any atom is -0.282 e. The maximum atomic E-state index is 2.39. The molecule has 1 aromatic carbocycles. The van der Waals surface area contributed by atoms with Crippen LogP contribution in [0.15, 0.2) is 30.3 Å². The van der Waals surface area contributed by atoms with Crippen molar-refractivity contribution in [3.05, 3.63) is 41.6 Å². The number of benzene rings is 1. The highest BCUT2D eigenvalue weighted by Crippen LogP contribution is 2.33. The molecule has 2 heteroatoms. The van der Waals surface area contributed by atoms with Crippen LogP contribution < -0.4 is 0 Å². The minimum atomic E-state index is 0.666. The highest BCUT2D eigenvalue weighted by Gasteiger charge is 2.18. The van der Waals surface area contributed by atoms with Gasteiger partial charge in [-0.25, -0.2) is 0 Å². The van der Waals surface area contributed by atoms with E-state index in [4.69, 9.17) is 0 Å². The van der Waals surface area contributed by atoms with Crippen molar-refractivity contribution in [1.29, 1.82) is 0 Å². The minimum absolute atomic E-state index is 0.666. The largest absolute Gasteiger partial charge is 0.282 e. The number of aromatic nitrogens is 1. The third kappa shape index (κ3) is 1.34. The summed E-state index contributed by atoms with van der Waals surface area (Å²) < 4.78 is 2.27. The maximum Gasteiger partial charge on any atom is 0.0646 e. The first kappa shape index (κ1) is 9.46. The third-order valence-electron chi connectivity index (χ3n) is 3.07. The van der Waals surface area contributed by atoms with Gasteiger partial charge in [-0.3, -0.25) is 2.78 Å². The zero-order chi connectivity index (χ0) is 10.4. The summed E-state index contributed by atoms with van der Waals surface area (Å²) in [7, 11) is 0. The van der Waals surface area contributed by atoms with Gasteiger partial charge < -0.3 is 0 Å². The van der Waals surface area contributed by atoms with Crippen LogP contribution in [0.25, 0.3) is 17.0 Å². The van der Waals surface area contributed by atoms with Gasteiger partial charge in [0, 0.05) is 5.39 Å². The van der Waals surface area contributed by atoms with Crippen molar-refractivity contribution in [2.24, 2.45) is 5.92 Å². The van der Waals surface area contributed by atoms with E-state index < -0.39 is 0 Å². The summed E-state index contributed by atoms with van der Waals surface area (Å²) in [5.74, 6) is 0.666. The second-order valence-corrected chi connectivity index (χ2v) is 5.17. The van der Waals surface area contributed by atoms with Crippen LogP contribution in [-0.4, -0.2) is 2.78 Å². The fraction of sp³-hybridized carbons (Fsp3) is 0.231. The second-order valence-electron chi connectivity index (χ2n) is 4.20. The Labute approximate surface area is 103 Å². The van der Waals surface area contributed by atoms with Crippen molar-refractivity contribution in [3.63, 3.8) is 0 Å². The molecular formula is C13H12IN. The predicted octanol–water partition coefficient (Wildman–Crippen LogP) is 4.04.